The number of anilines is 6. The number of hydrogen-bond acceptors (Lipinski definition) is 3. The van der Waals surface area contributed by atoms with Crippen molar-refractivity contribution in [3.63, 3.8) is 0 Å². The normalized spacial score (nSPS) is 18.0. The molecule has 0 spiro atoms. The highest BCUT2D eigenvalue weighted by Crippen LogP contribution is 2.55. The van der Waals surface area contributed by atoms with E-state index in [2.05, 4.69) is 274 Å². The van der Waals surface area contributed by atoms with Crippen LogP contribution in [-0.2, 0) is 43.3 Å². The molecule has 0 atom stereocenters. The van der Waals surface area contributed by atoms with Crippen LogP contribution in [0.4, 0.5) is 34.1 Å². The lowest BCUT2D eigenvalue weighted by molar-refractivity contribution is 0.332. The molecule has 2 aromatic heterocycles. The molecule has 0 saturated carbocycles. The minimum absolute atomic E-state index is 0.00699. The Kier molecular flexibility index (Phi) is 11.6. The molecule has 0 amide bonds. The van der Waals surface area contributed by atoms with Gasteiger partial charge in [-0.1, -0.05) is 181 Å². The molecule has 2 aliphatic carbocycles. The number of hydrogen-bond donors (Lipinski definition) is 0. The summed E-state index contributed by atoms with van der Waals surface area (Å²) in [6.45, 7) is 48.1. The fraction of sp³-hybridized carbons (Fsp3) is 0.421. The van der Waals surface area contributed by atoms with E-state index in [-0.39, 0.29) is 50.0 Å². The third kappa shape index (κ3) is 8.37. The molecule has 0 fully saturated rings. The van der Waals surface area contributed by atoms with Crippen LogP contribution in [-0.4, -0.2) is 11.3 Å². The van der Waals surface area contributed by atoms with Gasteiger partial charge in [-0.05, 0) is 203 Å². The Bertz CT molecular complexity index is 4030. The maximum absolute atomic E-state index is 2.75. The maximum atomic E-state index is 2.75. The monoisotopic (exact) mass is 1090 g/mol. The molecule has 0 saturated heterocycles. The zero-order chi connectivity index (χ0) is 57.8. The quantitative estimate of drug-likeness (QED) is 0.163. The van der Waals surface area contributed by atoms with Crippen molar-refractivity contribution in [2.75, 3.05) is 9.80 Å². The van der Waals surface area contributed by atoms with Crippen LogP contribution < -0.4 is 25.5 Å². The lowest BCUT2D eigenvalue weighted by Gasteiger charge is -2.47. The molecule has 9 aromatic rings. The minimum Gasteiger partial charge on any atom is -0.311 e. The first-order valence-electron chi connectivity index (χ1n) is 30.5. The third-order valence-corrected chi connectivity index (χ3v) is 21.5. The molecule has 4 heterocycles. The zero-order valence-electron chi connectivity index (χ0n) is 52.7. The summed E-state index contributed by atoms with van der Waals surface area (Å²) in [4.78, 5) is 5.46. The van der Waals surface area contributed by atoms with Crippen LogP contribution >= 0.6 is 11.3 Å². The van der Waals surface area contributed by atoms with Crippen molar-refractivity contribution in [1.82, 2.24) is 4.57 Å². The molecule has 0 unspecified atom stereocenters. The number of thiophene rings is 1. The van der Waals surface area contributed by atoms with E-state index in [1.54, 1.807) is 0 Å². The van der Waals surface area contributed by atoms with Crippen LogP contribution in [0.5, 0.6) is 0 Å². The summed E-state index contributed by atoms with van der Waals surface area (Å²) in [5.74, 6) is 0. The van der Waals surface area contributed by atoms with Crippen LogP contribution in [0.1, 0.15) is 209 Å². The van der Waals surface area contributed by atoms with E-state index in [1.165, 1.54) is 138 Å². The third-order valence-electron chi connectivity index (χ3n) is 20.3. The summed E-state index contributed by atoms with van der Waals surface area (Å²) in [5.41, 5.74) is 25.6. The molecule has 416 valence electrons. The molecule has 2 aliphatic heterocycles. The van der Waals surface area contributed by atoms with Crippen LogP contribution in [0.2, 0.25) is 0 Å². The molecule has 5 heteroatoms. The maximum Gasteiger partial charge on any atom is 0.264 e. The van der Waals surface area contributed by atoms with E-state index < -0.39 is 0 Å². The Morgan fingerprint density at radius 1 is 0.383 bits per heavy atom. The molecular weight excluding hydrogens is 998 g/mol. The van der Waals surface area contributed by atoms with Crippen LogP contribution in [0, 0.1) is 0 Å². The summed E-state index contributed by atoms with van der Waals surface area (Å²) in [6.07, 6.45) is 4.66. The first kappa shape index (κ1) is 54.2. The van der Waals surface area contributed by atoms with E-state index in [0.29, 0.717) is 0 Å². The van der Waals surface area contributed by atoms with Gasteiger partial charge in [0.05, 0.1) is 22.4 Å². The van der Waals surface area contributed by atoms with E-state index in [0.717, 1.165) is 19.3 Å². The Morgan fingerprint density at radius 2 is 0.815 bits per heavy atom. The highest BCUT2D eigenvalue weighted by molar-refractivity contribution is 7.33. The molecule has 0 radical (unpaired) electrons. The SMILES string of the molecule is CC(C)(C)c1ccc(N2c3cc(-n4c5ccc(C(C)(C)C)cc5c5cc(C(C)(C)C)ccc54)cc4c3B(c3cc5c(cc3N4c3ccc4c(c3)C(C)(C)CCC4(C)C)C(C)(C)CCC5(C)C)c3sc4ccc(C(C)(C)C)cc4c32)cc1. The van der Waals surface area contributed by atoms with Gasteiger partial charge in [-0.2, -0.15) is 0 Å². The van der Waals surface area contributed by atoms with Crippen LogP contribution in [0.3, 0.4) is 0 Å². The standard InChI is InChI=1S/C76H88BN3S/c1-69(2,3)45-21-26-49(27-22-45)80-64-42-51(79-60-30-23-46(70(4,5)6)37-52(60)53-38-47(71(7,8)9)24-31-61(53)79)41-63-66(64)77(68-67(80)54-39-48(72(10,11)12)25-32-65(54)81-68)59-43-57-58(76(19,20)36-35-75(57,17)18)44-62(59)78(63)50-28-29-55-56(40-50)74(15,16)34-33-73(55,13)14/h21-32,37-44H,33-36H2,1-20H3. The van der Waals surface area contributed by atoms with E-state index in [4.69, 9.17) is 0 Å². The number of fused-ring (bicyclic) bond motifs is 11. The summed E-state index contributed by atoms with van der Waals surface area (Å²) in [7, 11) is 0. The number of rotatable bonds is 3. The molecule has 13 rings (SSSR count). The highest BCUT2D eigenvalue weighted by Gasteiger charge is 2.49. The van der Waals surface area contributed by atoms with Crippen molar-refractivity contribution in [1.29, 1.82) is 0 Å². The van der Waals surface area contributed by atoms with E-state index in [9.17, 15) is 0 Å². The second-order valence-corrected chi connectivity index (χ2v) is 33.2. The van der Waals surface area contributed by atoms with Gasteiger partial charge >= 0.3 is 0 Å². The van der Waals surface area contributed by atoms with Gasteiger partial charge in [0.1, 0.15) is 0 Å². The van der Waals surface area contributed by atoms with Crippen molar-refractivity contribution in [2.45, 2.75) is 207 Å². The number of aromatic nitrogens is 1. The Labute approximate surface area is 490 Å². The van der Waals surface area contributed by atoms with Gasteiger partial charge in [0, 0.05) is 54.1 Å². The largest absolute Gasteiger partial charge is 0.311 e. The van der Waals surface area contributed by atoms with Gasteiger partial charge in [0.2, 0.25) is 0 Å². The van der Waals surface area contributed by atoms with E-state index in [1.807, 2.05) is 11.3 Å². The Balaban J connectivity index is 1.22. The van der Waals surface area contributed by atoms with E-state index >= 15 is 0 Å². The summed E-state index contributed by atoms with van der Waals surface area (Å²) in [6, 6.07) is 50.0. The second-order valence-electron chi connectivity index (χ2n) is 32.1. The molecule has 81 heavy (non-hydrogen) atoms. The van der Waals surface area contributed by atoms with Gasteiger partial charge in [0.15, 0.2) is 0 Å². The smallest absolute Gasteiger partial charge is 0.264 e. The second kappa shape index (κ2) is 17.3. The molecule has 0 N–H and O–H groups in total. The van der Waals surface area contributed by atoms with Crippen molar-refractivity contribution in [2.24, 2.45) is 0 Å². The predicted octanol–water partition coefficient (Wildman–Crippen LogP) is 20.0. The first-order chi connectivity index (χ1) is 37.6. The van der Waals surface area contributed by atoms with Crippen molar-refractivity contribution >= 4 is 99.8 Å². The minimum atomic E-state index is -0.0284. The molecular formula is C76H88BN3S. The van der Waals surface area contributed by atoms with Gasteiger partial charge in [-0.3, -0.25) is 0 Å². The lowest BCUT2D eigenvalue weighted by atomic mass is 9.35. The van der Waals surface area contributed by atoms with Gasteiger partial charge in [-0.15, -0.1) is 11.3 Å². The van der Waals surface area contributed by atoms with Gasteiger partial charge < -0.3 is 14.4 Å². The molecule has 0 bridgehead atoms. The van der Waals surface area contributed by atoms with Gasteiger partial charge in [-0.25, -0.2) is 0 Å². The highest BCUT2D eigenvalue weighted by atomic mass is 32.1. The fourth-order valence-corrected chi connectivity index (χ4v) is 16.0. The predicted molar refractivity (Wildman–Crippen MR) is 356 cm³/mol. The van der Waals surface area contributed by atoms with Crippen molar-refractivity contribution in [3.05, 3.63) is 166 Å². The molecule has 3 nitrogen and oxygen atoms in total. The summed E-state index contributed by atoms with van der Waals surface area (Å²) >= 11 is 2.03. The first-order valence-corrected chi connectivity index (χ1v) is 31.4. The number of nitrogens with zero attached hydrogens (tertiary/aromatic N) is 3. The van der Waals surface area contributed by atoms with Crippen LogP contribution in [0.15, 0.2) is 121 Å². The topological polar surface area (TPSA) is 11.4 Å². The van der Waals surface area contributed by atoms with Crippen molar-refractivity contribution in [3.8, 4) is 5.69 Å². The Hall–Kier alpha value is -6.04. The molecule has 7 aromatic carbocycles. The summed E-state index contributed by atoms with van der Waals surface area (Å²) < 4.78 is 5.40. The fourth-order valence-electron chi connectivity index (χ4n) is 14.7. The van der Waals surface area contributed by atoms with Crippen molar-refractivity contribution < 1.29 is 0 Å². The zero-order valence-corrected chi connectivity index (χ0v) is 53.5. The lowest BCUT2D eigenvalue weighted by Crippen LogP contribution is -2.61. The average molecular weight is 1090 g/mol. The van der Waals surface area contributed by atoms with Gasteiger partial charge in [0.25, 0.3) is 6.71 Å². The van der Waals surface area contributed by atoms with Crippen LogP contribution in [0.25, 0.3) is 37.6 Å². The average Bonchev–Trinajstić information content (AvgIpc) is 3.87. The number of benzene rings is 7. The molecule has 4 aliphatic rings. The summed E-state index contributed by atoms with van der Waals surface area (Å²) in [5, 5.41) is 3.95. The Morgan fingerprint density at radius 3 is 1.33 bits per heavy atom.